The van der Waals surface area contributed by atoms with E-state index in [4.69, 9.17) is 5.11 Å². The maximum Gasteiger partial charge on any atom is 0.303 e. The molecule has 1 heterocycles. The minimum Gasteiger partial charge on any atom is -0.481 e. The zero-order valence-corrected chi connectivity index (χ0v) is 14.1. The van der Waals surface area contributed by atoms with E-state index in [1.807, 2.05) is 53.4 Å². The standard InChI is InChI=1S/C19H19NO3S/c21-18(22)12-2-1-7-13-20-15-9-4-6-11-17(15)24-16-10-5-3-8-14(16)19(20)23/h3-6,8-11H,1-2,7,12-13H2,(H,21,22). The van der Waals surface area contributed by atoms with Gasteiger partial charge in [-0.3, -0.25) is 9.59 Å². The van der Waals surface area contributed by atoms with Crippen molar-refractivity contribution in [2.45, 2.75) is 35.5 Å². The van der Waals surface area contributed by atoms with Crippen molar-refractivity contribution >= 4 is 29.3 Å². The number of fused-ring (bicyclic) bond motifs is 2. The van der Waals surface area contributed by atoms with Crippen LogP contribution in [0.3, 0.4) is 0 Å². The number of carbonyl (C=O) groups is 2. The fourth-order valence-corrected chi connectivity index (χ4v) is 3.90. The lowest BCUT2D eigenvalue weighted by atomic mass is 10.1. The zero-order valence-electron chi connectivity index (χ0n) is 13.3. The highest BCUT2D eigenvalue weighted by Crippen LogP contribution is 2.41. The van der Waals surface area contributed by atoms with Crippen LogP contribution in [-0.2, 0) is 4.79 Å². The number of nitrogens with zero attached hydrogens (tertiary/aromatic N) is 1. The minimum absolute atomic E-state index is 0.0151. The monoisotopic (exact) mass is 341 g/mol. The lowest BCUT2D eigenvalue weighted by Gasteiger charge is -2.23. The Kier molecular flexibility index (Phi) is 5.20. The number of rotatable bonds is 6. The molecule has 0 saturated carbocycles. The lowest BCUT2D eigenvalue weighted by Crippen LogP contribution is -2.31. The second-order valence-corrected chi connectivity index (χ2v) is 6.81. The SMILES string of the molecule is O=C(O)CCCCCN1C(=O)c2ccccc2Sc2ccccc21. The Morgan fingerprint density at radius 2 is 1.67 bits per heavy atom. The van der Waals surface area contributed by atoms with E-state index in [0.29, 0.717) is 13.0 Å². The number of anilines is 1. The summed E-state index contributed by atoms with van der Waals surface area (Å²) in [6.07, 6.45) is 2.42. The molecule has 0 fully saturated rings. The van der Waals surface area contributed by atoms with Gasteiger partial charge in [-0.05, 0) is 37.1 Å². The molecule has 1 amide bonds. The molecule has 0 atom stereocenters. The molecule has 0 unspecified atom stereocenters. The minimum atomic E-state index is -0.767. The van der Waals surface area contributed by atoms with E-state index in [2.05, 4.69) is 0 Å². The Balaban J connectivity index is 1.81. The third-order valence-corrected chi connectivity index (χ3v) is 5.15. The number of carbonyl (C=O) groups excluding carboxylic acids is 1. The van der Waals surface area contributed by atoms with E-state index < -0.39 is 5.97 Å². The molecule has 0 aromatic heterocycles. The third-order valence-electron chi connectivity index (χ3n) is 4.01. The van der Waals surface area contributed by atoms with Gasteiger partial charge >= 0.3 is 5.97 Å². The topological polar surface area (TPSA) is 57.6 Å². The number of hydrogen-bond acceptors (Lipinski definition) is 3. The number of aliphatic carboxylic acids is 1. The predicted molar refractivity (Wildman–Crippen MR) is 94.8 cm³/mol. The highest BCUT2D eigenvalue weighted by molar-refractivity contribution is 7.99. The first-order valence-corrected chi connectivity index (χ1v) is 8.88. The molecule has 0 aliphatic carbocycles. The fourth-order valence-electron chi connectivity index (χ4n) is 2.82. The Hall–Kier alpha value is -2.27. The molecule has 124 valence electrons. The van der Waals surface area contributed by atoms with Crippen molar-refractivity contribution in [3.63, 3.8) is 0 Å². The number of hydrogen-bond donors (Lipinski definition) is 1. The molecule has 0 spiro atoms. The molecule has 0 bridgehead atoms. The maximum absolute atomic E-state index is 13.0. The average molecular weight is 341 g/mol. The molecule has 0 saturated heterocycles. The van der Waals surface area contributed by atoms with Gasteiger partial charge in [0.25, 0.3) is 5.91 Å². The summed E-state index contributed by atoms with van der Waals surface area (Å²) in [6, 6.07) is 15.6. The average Bonchev–Trinajstić information content (AvgIpc) is 2.69. The third kappa shape index (κ3) is 3.62. The largest absolute Gasteiger partial charge is 0.481 e. The van der Waals surface area contributed by atoms with Gasteiger partial charge in [-0.15, -0.1) is 0 Å². The van der Waals surface area contributed by atoms with Gasteiger partial charge in [0.15, 0.2) is 0 Å². The normalized spacial score (nSPS) is 13.2. The molecule has 4 nitrogen and oxygen atoms in total. The van der Waals surface area contributed by atoms with Crippen LogP contribution in [-0.4, -0.2) is 23.5 Å². The Morgan fingerprint density at radius 3 is 2.46 bits per heavy atom. The highest BCUT2D eigenvalue weighted by atomic mass is 32.2. The van der Waals surface area contributed by atoms with Gasteiger partial charge in [0, 0.05) is 22.8 Å². The summed E-state index contributed by atoms with van der Waals surface area (Å²) < 4.78 is 0. The summed E-state index contributed by atoms with van der Waals surface area (Å²) in [7, 11) is 0. The van der Waals surface area contributed by atoms with Crippen LogP contribution in [0.15, 0.2) is 58.3 Å². The first-order chi connectivity index (χ1) is 11.7. The van der Waals surface area contributed by atoms with Crippen molar-refractivity contribution in [2.75, 3.05) is 11.4 Å². The molecule has 1 N–H and O–H groups in total. The Morgan fingerprint density at radius 1 is 0.958 bits per heavy atom. The molecular formula is C19H19NO3S. The van der Waals surface area contributed by atoms with Crippen molar-refractivity contribution in [2.24, 2.45) is 0 Å². The van der Waals surface area contributed by atoms with E-state index >= 15 is 0 Å². The molecule has 2 aromatic rings. The van der Waals surface area contributed by atoms with Crippen molar-refractivity contribution in [3.8, 4) is 0 Å². The maximum atomic E-state index is 13.0. The smallest absolute Gasteiger partial charge is 0.303 e. The van der Waals surface area contributed by atoms with E-state index in [-0.39, 0.29) is 12.3 Å². The summed E-state index contributed by atoms with van der Waals surface area (Å²) in [5, 5.41) is 8.71. The van der Waals surface area contributed by atoms with Crippen LogP contribution >= 0.6 is 11.8 Å². The first kappa shape index (κ1) is 16.6. The van der Waals surface area contributed by atoms with Crippen molar-refractivity contribution in [1.29, 1.82) is 0 Å². The van der Waals surface area contributed by atoms with Crippen LogP contribution in [0.4, 0.5) is 5.69 Å². The number of carboxylic acid groups (broad SMARTS) is 1. The van der Waals surface area contributed by atoms with Gasteiger partial charge in [-0.1, -0.05) is 42.4 Å². The van der Waals surface area contributed by atoms with Crippen LogP contribution in [0, 0.1) is 0 Å². The van der Waals surface area contributed by atoms with Crippen molar-refractivity contribution in [3.05, 3.63) is 54.1 Å². The molecule has 1 aliphatic rings. The van der Waals surface area contributed by atoms with Gasteiger partial charge in [0.1, 0.15) is 0 Å². The van der Waals surface area contributed by atoms with Gasteiger partial charge < -0.3 is 10.0 Å². The van der Waals surface area contributed by atoms with E-state index in [0.717, 1.165) is 33.9 Å². The number of benzene rings is 2. The van der Waals surface area contributed by atoms with Crippen molar-refractivity contribution in [1.82, 2.24) is 0 Å². The molecule has 3 rings (SSSR count). The quantitative estimate of drug-likeness (QED) is 0.789. The summed E-state index contributed by atoms with van der Waals surface area (Å²) in [5.41, 5.74) is 1.66. The first-order valence-electron chi connectivity index (χ1n) is 8.06. The number of carboxylic acids is 1. The Labute approximate surface area is 145 Å². The second-order valence-electron chi connectivity index (χ2n) is 5.73. The molecule has 24 heavy (non-hydrogen) atoms. The molecular weight excluding hydrogens is 322 g/mol. The number of unbranched alkanes of at least 4 members (excludes halogenated alkanes) is 2. The lowest BCUT2D eigenvalue weighted by molar-refractivity contribution is -0.137. The van der Waals surface area contributed by atoms with Gasteiger partial charge in [-0.25, -0.2) is 0 Å². The summed E-state index contributed by atoms with van der Waals surface area (Å²) in [6.45, 7) is 0.602. The summed E-state index contributed by atoms with van der Waals surface area (Å²) >= 11 is 1.62. The molecule has 0 radical (unpaired) electrons. The van der Waals surface area contributed by atoms with E-state index in [1.54, 1.807) is 11.8 Å². The molecule has 1 aliphatic heterocycles. The van der Waals surface area contributed by atoms with Crippen LogP contribution < -0.4 is 4.90 Å². The summed E-state index contributed by atoms with van der Waals surface area (Å²) in [5.74, 6) is -0.752. The predicted octanol–water partition coefficient (Wildman–Crippen LogP) is 4.44. The fraction of sp³-hybridized carbons (Fsp3) is 0.263. The van der Waals surface area contributed by atoms with Crippen LogP contribution in [0.25, 0.3) is 0 Å². The van der Waals surface area contributed by atoms with E-state index in [1.165, 1.54) is 0 Å². The van der Waals surface area contributed by atoms with Gasteiger partial charge in [0.05, 0.1) is 11.3 Å². The van der Waals surface area contributed by atoms with Gasteiger partial charge in [0.2, 0.25) is 0 Å². The van der Waals surface area contributed by atoms with Crippen LogP contribution in [0.5, 0.6) is 0 Å². The van der Waals surface area contributed by atoms with Crippen LogP contribution in [0.1, 0.15) is 36.0 Å². The zero-order chi connectivity index (χ0) is 16.9. The second kappa shape index (κ2) is 7.53. The molecule has 5 heteroatoms. The van der Waals surface area contributed by atoms with Crippen LogP contribution in [0.2, 0.25) is 0 Å². The van der Waals surface area contributed by atoms with E-state index in [9.17, 15) is 9.59 Å². The Bertz CT molecular complexity index is 760. The highest BCUT2D eigenvalue weighted by Gasteiger charge is 2.26. The number of para-hydroxylation sites is 1. The van der Waals surface area contributed by atoms with Crippen molar-refractivity contribution < 1.29 is 14.7 Å². The summed E-state index contributed by atoms with van der Waals surface area (Å²) in [4.78, 5) is 27.5. The number of amides is 1. The molecule has 2 aromatic carbocycles. The van der Waals surface area contributed by atoms with Gasteiger partial charge in [-0.2, -0.15) is 0 Å².